The third-order valence-electron chi connectivity index (χ3n) is 2.99. The first-order valence-electron chi connectivity index (χ1n) is 5.94. The Morgan fingerprint density at radius 2 is 2.11 bits per heavy atom. The Labute approximate surface area is 108 Å². The molecule has 1 aromatic carbocycles. The molecule has 0 fully saturated rings. The largest absolute Gasteiger partial charge is 0.495 e. The fourth-order valence-electron chi connectivity index (χ4n) is 1.76. The molecule has 0 aliphatic heterocycles. The topological polar surface area (TPSA) is 36.3 Å². The van der Waals surface area contributed by atoms with Crippen molar-refractivity contribution in [3.8, 4) is 11.8 Å². The van der Waals surface area contributed by atoms with Crippen molar-refractivity contribution in [3.63, 3.8) is 0 Å². The van der Waals surface area contributed by atoms with Gasteiger partial charge >= 0.3 is 0 Å². The van der Waals surface area contributed by atoms with Gasteiger partial charge in [-0.05, 0) is 18.1 Å². The maximum atomic E-state index is 13.3. The number of anilines is 1. The van der Waals surface area contributed by atoms with E-state index in [0.29, 0.717) is 18.0 Å². The maximum Gasteiger partial charge on any atom is 0.142 e. The Kier molecular flexibility index (Phi) is 4.96. The van der Waals surface area contributed by atoms with Crippen LogP contribution in [0.2, 0.25) is 0 Å². The van der Waals surface area contributed by atoms with Crippen LogP contribution in [0.5, 0.6) is 5.75 Å². The van der Waals surface area contributed by atoms with E-state index in [2.05, 4.69) is 6.07 Å². The lowest BCUT2D eigenvalue weighted by Gasteiger charge is -2.25. The van der Waals surface area contributed by atoms with Crippen molar-refractivity contribution < 1.29 is 9.13 Å². The zero-order chi connectivity index (χ0) is 13.7. The van der Waals surface area contributed by atoms with Gasteiger partial charge in [0.05, 0.1) is 24.8 Å². The fraction of sp³-hybridized carbons (Fsp3) is 0.500. The third-order valence-corrected chi connectivity index (χ3v) is 2.99. The molecule has 18 heavy (non-hydrogen) atoms. The summed E-state index contributed by atoms with van der Waals surface area (Å²) in [4.78, 5) is 1.86. The van der Waals surface area contributed by atoms with Crippen LogP contribution in [0.4, 0.5) is 10.1 Å². The van der Waals surface area contributed by atoms with Gasteiger partial charge in [0.15, 0.2) is 0 Å². The van der Waals surface area contributed by atoms with E-state index >= 15 is 0 Å². The van der Waals surface area contributed by atoms with Crippen molar-refractivity contribution >= 4 is 5.69 Å². The first-order chi connectivity index (χ1) is 8.49. The van der Waals surface area contributed by atoms with Crippen LogP contribution in [0.25, 0.3) is 0 Å². The fourth-order valence-corrected chi connectivity index (χ4v) is 1.76. The molecule has 0 aromatic heterocycles. The summed E-state index contributed by atoms with van der Waals surface area (Å²) in [6.07, 6.45) is 0. The highest BCUT2D eigenvalue weighted by atomic mass is 19.1. The van der Waals surface area contributed by atoms with Crippen LogP contribution in [-0.2, 0) is 0 Å². The van der Waals surface area contributed by atoms with E-state index in [-0.39, 0.29) is 17.7 Å². The van der Waals surface area contributed by atoms with Crippen molar-refractivity contribution in [1.29, 1.82) is 5.26 Å². The number of hydrogen-bond acceptors (Lipinski definition) is 3. The molecule has 0 saturated carbocycles. The predicted molar refractivity (Wildman–Crippen MR) is 70.2 cm³/mol. The average molecular weight is 250 g/mol. The minimum atomic E-state index is -0.310. The van der Waals surface area contributed by atoms with Crippen molar-refractivity contribution in [2.45, 2.75) is 13.8 Å². The minimum absolute atomic E-state index is 0.0945. The highest BCUT2D eigenvalue weighted by molar-refractivity contribution is 5.58. The molecule has 0 spiro atoms. The number of benzene rings is 1. The van der Waals surface area contributed by atoms with Gasteiger partial charge in [-0.1, -0.05) is 13.8 Å². The maximum absolute atomic E-state index is 13.3. The van der Waals surface area contributed by atoms with Gasteiger partial charge in [0.25, 0.3) is 0 Å². The lowest BCUT2D eigenvalue weighted by molar-refractivity contribution is 0.411. The van der Waals surface area contributed by atoms with Crippen molar-refractivity contribution in [2.24, 2.45) is 11.8 Å². The number of rotatable bonds is 5. The van der Waals surface area contributed by atoms with Crippen LogP contribution in [0.15, 0.2) is 18.2 Å². The second-order valence-electron chi connectivity index (χ2n) is 4.68. The van der Waals surface area contributed by atoms with E-state index < -0.39 is 0 Å². The molecule has 0 bridgehead atoms. The van der Waals surface area contributed by atoms with Crippen LogP contribution < -0.4 is 9.64 Å². The Hall–Kier alpha value is -1.76. The molecule has 3 nitrogen and oxygen atoms in total. The van der Waals surface area contributed by atoms with Gasteiger partial charge in [-0.15, -0.1) is 0 Å². The summed E-state index contributed by atoms with van der Waals surface area (Å²) in [5.41, 5.74) is 0.665. The monoisotopic (exact) mass is 250 g/mol. The third kappa shape index (κ3) is 3.36. The molecule has 0 aliphatic carbocycles. The molecule has 4 heteroatoms. The van der Waals surface area contributed by atoms with Gasteiger partial charge < -0.3 is 9.64 Å². The van der Waals surface area contributed by atoms with E-state index in [1.807, 2.05) is 25.8 Å². The summed E-state index contributed by atoms with van der Waals surface area (Å²) >= 11 is 0. The number of hydrogen-bond donors (Lipinski definition) is 0. The molecule has 0 N–H and O–H groups in total. The molecule has 0 amide bonds. The average Bonchev–Trinajstić information content (AvgIpc) is 2.35. The molecule has 1 unspecified atom stereocenters. The quantitative estimate of drug-likeness (QED) is 0.805. The van der Waals surface area contributed by atoms with E-state index in [9.17, 15) is 4.39 Å². The lowest BCUT2D eigenvalue weighted by Crippen LogP contribution is -2.27. The van der Waals surface area contributed by atoms with E-state index in [1.165, 1.54) is 12.1 Å². The summed E-state index contributed by atoms with van der Waals surface area (Å²) in [5.74, 6) is 0.468. The summed E-state index contributed by atoms with van der Waals surface area (Å²) < 4.78 is 18.5. The van der Waals surface area contributed by atoms with Crippen LogP contribution in [0, 0.1) is 29.0 Å². The van der Waals surface area contributed by atoms with E-state index in [4.69, 9.17) is 10.00 Å². The molecule has 1 atom stereocenters. The Morgan fingerprint density at radius 3 is 2.61 bits per heavy atom. The molecule has 1 aromatic rings. The Balaban J connectivity index is 2.93. The van der Waals surface area contributed by atoms with E-state index in [0.717, 1.165) is 0 Å². The molecule has 0 radical (unpaired) electrons. The number of nitriles is 1. The normalized spacial score (nSPS) is 12.1. The summed E-state index contributed by atoms with van der Waals surface area (Å²) in [7, 11) is 3.39. The molecular formula is C14H19FN2O. The second-order valence-corrected chi connectivity index (χ2v) is 4.68. The molecule has 0 heterocycles. The molecule has 98 valence electrons. The zero-order valence-corrected chi connectivity index (χ0v) is 11.3. The highest BCUT2D eigenvalue weighted by Gasteiger charge is 2.17. The van der Waals surface area contributed by atoms with Gasteiger partial charge in [-0.3, -0.25) is 0 Å². The Morgan fingerprint density at radius 1 is 1.44 bits per heavy atom. The zero-order valence-electron chi connectivity index (χ0n) is 11.3. The molecule has 1 rings (SSSR count). The molecule has 0 aliphatic rings. The standard InChI is InChI=1S/C14H19FN2O/c1-10(2)11(8-16)9-17(3)13-7-12(15)5-6-14(13)18-4/h5-7,10-11H,9H2,1-4H3. The molecule has 0 saturated heterocycles. The van der Waals surface area contributed by atoms with Crippen molar-refractivity contribution in [2.75, 3.05) is 25.6 Å². The first kappa shape index (κ1) is 14.3. The minimum Gasteiger partial charge on any atom is -0.495 e. The Bertz CT molecular complexity index is 440. The van der Waals surface area contributed by atoms with Crippen LogP contribution in [-0.4, -0.2) is 20.7 Å². The first-order valence-corrected chi connectivity index (χ1v) is 5.94. The SMILES string of the molecule is COc1ccc(F)cc1N(C)CC(C#N)C(C)C. The van der Waals surface area contributed by atoms with Crippen molar-refractivity contribution in [1.82, 2.24) is 0 Å². The number of ether oxygens (including phenoxy) is 1. The second kappa shape index (κ2) is 6.25. The highest BCUT2D eigenvalue weighted by Crippen LogP contribution is 2.29. The number of methoxy groups -OCH3 is 1. The van der Waals surface area contributed by atoms with Gasteiger partial charge in [-0.25, -0.2) is 4.39 Å². The predicted octanol–water partition coefficient (Wildman–Crippen LogP) is 3.07. The molecular weight excluding hydrogens is 231 g/mol. The van der Waals surface area contributed by atoms with Gasteiger partial charge in [0.1, 0.15) is 11.6 Å². The van der Waals surface area contributed by atoms with Gasteiger partial charge in [-0.2, -0.15) is 5.26 Å². The number of halogens is 1. The van der Waals surface area contributed by atoms with E-state index in [1.54, 1.807) is 13.2 Å². The van der Waals surface area contributed by atoms with Crippen molar-refractivity contribution in [3.05, 3.63) is 24.0 Å². The lowest BCUT2D eigenvalue weighted by atomic mass is 9.97. The smallest absolute Gasteiger partial charge is 0.142 e. The summed E-state index contributed by atoms with van der Waals surface area (Å²) in [6.45, 7) is 4.56. The van der Waals surface area contributed by atoms with Crippen LogP contribution in [0.3, 0.4) is 0 Å². The van der Waals surface area contributed by atoms with Gasteiger partial charge in [0, 0.05) is 19.7 Å². The van der Waals surface area contributed by atoms with Crippen LogP contribution in [0.1, 0.15) is 13.8 Å². The summed E-state index contributed by atoms with van der Waals surface area (Å²) in [6, 6.07) is 6.66. The number of nitrogens with zero attached hydrogens (tertiary/aromatic N) is 2. The van der Waals surface area contributed by atoms with Crippen LogP contribution >= 0.6 is 0 Å². The summed E-state index contributed by atoms with van der Waals surface area (Å²) in [5, 5.41) is 9.09. The van der Waals surface area contributed by atoms with Gasteiger partial charge in [0.2, 0.25) is 0 Å².